The van der Waals surface area contributed by atoms with Gasteiger partial charge < -0.3 is 15.2 Å². The lowest BCUT2D eigenvalue weighted by molar-refractivity contribution is -0.385. The van der Waals surface area contributed by atoms with E-state index in [1.165, 1.54) is 33.3 Å². The molecule has 0 saturated heterocycles. The van der Waals surface area contributed by atoms with Crippen molar-refractivity contribution in [2.75, 3.05) is 12.8 Å². The summed E-state index contributed by atoms with van der Waals surface area (Å²) in [5, 5.41) is 11.6. The maximum absolute atomic E-state index is 12.4. The second-order valence-corrected chi connectivity index (χ2v) is 7.04. The Labute approximate surface area is 171 Å². The van der Waals surface area contributed by atoms with Gasteiger partial charge in [0.15, 0.2) is 17.2 Å². The zero-order chi connectivity index (χ0) is 22.0. The number of methoxy groups -OCH3 is 1. The molecule has 1 aromatic heterocycles. The molecule has 1 saturated carbocycles. The molecular formula is C19H23N5O6. The molecule has 2 N–H and O–H groups in total. The van der Waals surface area contributed by atoms with Gasteiger partial charge >= 0.3 is 5.69 Å². The number of aromatic nitrogens is 2. The molecule has 3 rings (SSSR count). The van der Waals surface area contributed by atoms with Gasteiger partial charge in [-0.2, -0.15) is 0 Å². The van der Waals surface area contributed by atoms with Gasteiger partial charge in [0, 0.05) is 20.3 Å². The van der Waals surface area contributed by atoms with Gasteiger partial charge in [-0.3, -0.25) is 24.0 Å². The number of nitro benzene ring substituents is 1. The SMILES string of the molecule is COc1cc(C=Nc2c(N)n(C)c(=O)n(C)c2=O)c([N+](=O)[O-])cc1OC1CCCC1. The highest BCUT2D eigenvalue weighted by atomic mass is 16.6. The van der Waals surface area contributed by atoms with Crippen LogP contribution in [-0.4, -0.2) is 33.5 Å². The lowest BCUT2D eigenvalue weighted by atomic mass is 10.1. The first kappa shape index (κ1) is 21.1. The van der Waals surface area contributed by atoms with E-state index in [9.17, 15) is 19.7 Å². The summed E-state index contributed by atoms with van der Waals surface area (Å²) in [4.78, 5) is 39.4. The largest absolute Gasteiger partial charge is 0.493 e. The van der Waals surface area contributed by atoms with Crippen LogP contribution < -0.4 is 26.5 Å². The molecule has 0 atom stereocenters. The fourth-order valence-corrected chi connectivity index (χ4v) is 3.36. The Morgan fingerprint density at radius 1 is 1.20 bits per heavy atom. The molecule has 0 radical (unpaired) electrons. The minimum Gasteiger partial charge on any atom is -0.493 e. The number of nitrogens with zero attached hydrogens (tertiary/aromatic N) is 4. The molecular weight excluding hydrogens is 394 g/mol. The average Bonchev–Trinajstić information content (AvgIpc) is 3.24. The third-order valence-electron chi connectivity index (χ3n) is 5.12. The van der Waals surface area contributed by atoms with Crippen LogP contribution in [-0.2, 0) is 14.1 Å². The minimum atomic E-state index is -0.706. The molecule has 1 aromatic carbocycles. The highest BCUT2D eigenvalue weighted by molar-refractivity contribution is 5.89. The van der Waals surface area contributed by atoms with Crippen molar-refractivity contribution < 1.29 is 14.4 Å². The van der Waals surface area contributed by atoms with Crippen molar-refractivity contribution in [2.24, 2.45) is 19.1 Å². The van der Waals surface area contributed by atoms with E-state index in [4.69, 9.17) is 15.2 Å². The third-order valence-corrected chi connectivity index (χ3v) is 5.12. The summed E-state index contributed by atoms with van der Waals surface area (Å²) in [7, 11) is 4.13. The van der Waals surface area contributed by atoms with Crippen LogP contribution in [0, 0.1) is 10.1 Å². The lowest BCUT2D eigenvalue weighted by Gasteiger charge is -2.16. The van der Waals surface area contributed by atoms with Gasteiger partial charge in [-0.25, -0.2) is 9.79 Å². The molecule has 0 unspecified atom stereocenters. The van der Waals surface area contributed by atoms with Crippen molar-refractivity contribution in [3.8, 4) is 11.5 Å². The number of anilines is 1. The van der Waals surface area contributed by atoms with E-state index in [1.54, 1.807) is 0 Å². The van der Waals surface area contributed by atoms with E-state index in [-0.39, 0.29) is 34.6 Å². The van der Waals surface area contributed by atoms with Gasteiger partial charge in [0.1, 0.15) is 5.82 Å². The lowest BCUT2D eigenvalue weighted by Crippen LogP contribution is -2.37. The van der Waals surface area contributed by atoms with Crippen LogP contribution in [0.15, 0.2) is 26.7 Å². The fraction of sp³-hybridized carbons (Fsp3) is 0.421. The summed E-state index contributed by atoms with van der Waals surface area (Å²) in [6.07, 6.45) is 5.01. The smallest absolute Gasteiger partial charge is 0.332 e. The number of hydrogen-bond donors (Lipinski definition) is 1. The summed E-state index contributed by atoms with van der Waals surface area (Å²) in [6, 6.07) is 2.72. The Balaban J connectivity index is 2.07. The minimum absolute atomic E-state index is 0.00792. The van der Waals surface area contributed by atoms with Crippen molar-refractivity contribution in [3.63, 3.8) is 0 Å². The number of nitrogen functional groups attached to an aromatic ring is 1. The molecule has 1 aliphatic rings. The highest BCUT2D eigenvalue weighted by Gasteiger charge is 2.23. The number of ether oxygens (including phenoxy) is 2. The highest BCUT2D eigenvalue weighted by Crippen LogP contribution is 2.36. The van der Waals surface area contributed by atoms with Gasteiger partial charge in [-0.1, -0.05) is 0 Å². The Bertz CT molecular complexity index is 1130. The zero-order valence-corrected chi connectivity index (χ0v) is 17.0. The Kier molecular flexibility index (Phi) is 5.90. The van der Waals surface area contributed by atoms with Crippen LogP contribution in [0.5, 0.6) is 11.5 Å². The number of rotatable bonds is 6. The van der Waals surface area contributed by atoms with Crippen LogP contribution in [0.2, 0.25) is 0 Å². The van der Waals surface area contributed by atoms with E-state index < -0.39 is 16.2 Å². The van der Waals surface area contributed by atoms with Crippen LogP contribution in [0.25, 0.3) is 0 Å². The van der Waals surface area contributed by atoms with E-state index in [0.717, 1.165) is 41.0 Å². The summed E-state index contributed by atoms with van der Waals surface area (Å²) in [5.74, 6) is 0.455. The first-order valence-electron chi connectivity index (χ1n) is 9.37. The van der Waals surface area contributed by atoms with Gasteiger partial charge in [0.25, 0.3) is 11.2 Å². The van der Waals surface area contributed by atoms with Crippen molar-refractivity contribution in [3.05, 3.63) is 48.6 Å². The number of hydrogen-bond acceptors (Lipinski definition) is 8. The zero-order valence-electron chi connectivity index (χ0n) is 17.0. The monoisotopic (exact) mass is 417 g/mol. The van der Waals surface area contributed by atoms with Gasteiger partial charge in [0.2, 0.25) is 0 Å². The quantitative estimate of drug-likeness (QED) is 0.427. The first-order valence-corrected chi connectivity index (χ1v) is 9.37. The molecule has 2 aromatic rings. The summed E-state index contributed by atoms with van der Waals surface area (Å²) in [5.41, 5.74) is 4.19. The predicted molar refractivity (Wildman–Crippen MR) is 111 cm³/mol. The van der Waals surface area contributed by atoms with Crippen LogP contribution in [0.1, 0.15) is 31.2 Å². The molecule has 1 fully saturated rings. The number of nitro groups is 1. The molecule has 30 heavy (non-hydrogen) atoms. The van der Waals surface area contributed by atoms with Crippen LogP contribution in [0.4, 0.5) is 17.2 Å². The maximum atomic E-state index is 12.4. The normalized spacial score (nSPS) is 14.4. The van der Waals surface area contributed by atoms with Crippen LogP contribution in [0.3, 0.4) is 0 Å². The maximum Gasteiger partial charge on any atom is 0.332 e. The second-order valence-electron chi connectivity index (χ2n) is 7.04. The number of nitrogens with two attached hydrogens (primary N) is 1. The van der Waals surface area contributed by atoms with Gasteiger partial charge in [-0.05, 0) is 31.7 Å². The van der Waals surface area contributed by atoms with Crippen LogP contribution >= 0.6 is 0 Å². The third kappa shape index (κ3) is 3.91. The molecule has 1 heterocycles. The summed E-state index contributed by atoms with van der Waals surface area (Å²) >= 11 is 0. The summed E-state index contributed by atoms with van der Waals surface area (Å²) < 4.78 is 13.2. The molecule has 0 aliphatic heterocycles. The predicted octanol–water partition coefficient (Wildman–Crippen LogP) is 1.65. The van der Waals surface area contributed by atoms with Crippen molar-refractivity contribution in [1.82, 2.24) is 9.13 Å². The van der Waals surface area contributed by atoms with Crippen molar-refractivity contribution >= 4 is 23.4 Å². The number of aliphatic imine (C=N–C) groups is 1. The van der Waals surface area contributed by atoms with Gasteiger partial charge in [-0.15, -0.1) is 0 Å². The molecule has 0 spiro atoms. The Morgan fingerprint density at radius 3 is 2.47 bits per heavy atom. The molecule has 0 amide bonds. The molecule has 0 bridgehead atoms. The first-order chi connectivity index (χ1) is 14.2. The fourth-order valence-electron chi connectivity index (χ4n) is 3.36. The van der Waals surface area contributed by atoms with E-state index in [2.05, 4.69) is 4.99 Å². The molecule has 11 nitrogen and oxygen atoms in total. The molecule has 11 heteroatoms. The molecule has 1 aliphatic carbocycles. The summed E-state index contributed by atoms with van der Waals surface area (Å²) in [6.45, 7) is 0. The van der Waals surface area contributed by atoms with Gasteiger partial charge in [0.05, 0.1) is 29.8 Å². The van der Waals surface area contributed by atoms with E-state index in [1.807, 2.05) is 0 Å². The molecule has 160 valence electrons. The Morgan fingerprint density at radius 2 is 1.87 bits per heavy atom. The number of benzene rings is 1. The average molecular weight is 417 g/mol. The van der Waals surface area contributed by atoms with Crippen molar-refractivity contribution in [1.29, 1.82) is 0 Å². The topological polar surface area (TPSA) is 144 Å². The van der Waals surface area contributed by atoms with E-state index in [0.29, 0.717) is 5.75 Å². The Hall–Kier alpha value is -3.63. The standard InChI is InChI=1S/C19H23N5O6/c1-22-17(20)16(18(25)23(2)19(22)26)21-10-11-8-14(29-3)15(9-13(11)24(27)28)30-12-6-4-5-7-12/h8-10,12H,4-7,20H2,1-3H3. The van der Waals surface area contributed by atoms with E-state index >= 15 is 0 Å². The second kappa shape index (κ2) is 8.39. The van der Waals surface area contributed by atoms with Crippen molar-refractivity contribution in [2.45, 2.75) is 31.8 Å².